The zero-order valence-corrected chi connectivity index (χ0v) is 26.0. The molecule has 44 heavy (non-hydrogen) atoms. The number of aromatic nitrogens is 2. The lowest BCUT2D eigenvalue weighted by atomic mass is 9.77. The molecule has 11 heteroatoms. The average Bonchev–Trinajstić information content (AvgIpc) is 3.89. The first-order valence-corrected chi connectivity index (χ1v) is 15.6. The van der Waals surface area contributed by atoms with E-state index in [1.165, 1.54) is 12.0 Å². The molecule has 2 aromatic rings. The number of carbonyl (C=O) groups is 3. The van der Waals surface area contributed by atoms with Crippen molar-refractivity contribution in [2.24, 2.45) is 28.6 Å². The zero-order valence-electron chi connectivity index (χ0n) is 26.0. The van der Waals surface area contributed by atoms with Crippen LogP contribution in [0.2, 0.25) is 0 Å². The fourth-order valence-corrected chi connectivity index (χ4v) is 6.98. The van der Waals surface area contributed by atoms with Crippen molar-refractivity contribution in [2.45, 2.75) is 96.8 Å². The van der Waals surface area contributed by atoms with Gasteiger partial charge in [0.2, 0.25) is 11.8 Å². The van der Waals surface area contributed by atoms with Crippen molar-refractivity contribution < 1.29 is 37.4 Å². The van der Waals surface area contributed by atoms with Gasteiger partial charge in [0.25, 0.3) is 0 Å². The maximum Gasteiger partial charge on any atom is 0.306 e. The van der Waals surface area contributed by atoms with Gasteiger partial charge in [-0.25, -0.2) is 9.97 Å². The summed E-state index contributed by atoms with van der Waals surface area (Å²) in [6, 6.07) is 4.00. The number of carbonyl (C=O) groups excluding carboxylic acids is 3. The number of nitrogens with zero attached hydrogens (tertiary/aromatic N) is 3. The number of hydrogen-bond acceptors (Lipinski definition) is 8. The van der Waals surface area contributed by atoms with Gasteiger partial charge >= 0.3 is 11.9 Å². The van der Waals surface area contributed by atoms with Gasteiger partial charge in [-0.2, -0.15) is 8.78 Å². The molecular formula is C33H41F2N3O6. The van der Waals surface area contributed by atoms with Crippen LogP contribution in [0.25, 0.3) is 11.0 Å². The molecule has 3 heterocycles. The van der Waals surface area contributed by atoms with Crippen molar-refractivity contribution >= 4 is 29.2 Å². The highest BCUT2D eigenvalue weighted by Gasteiger charge is 2.64. The molecule has 2 saturated carbocycles. The molecule has 0 unspecified atom stereocenters. The Morgan fingerprint density at radius 3 is 2.48 bits per heavy atom. The lowest BCUT2D eigenvalue weighted by molar-refractivity contribution is -0.153. The molecule has 0 radical (unpaired) electrons. The summed E-state index contributed by atoms with van der Waals surface area (Å²) in [6.07, 6.45) is 2.48. The summed E-state index contributed by atoms with van der Waals surface area (Å²) < 4.78 is 50.6. The summed E-state index contributed by atoms with van der Waals surface area (Å²) in [5.74, 6) is -5.10. The normalized spacial score (nSPS) is 31.7. The van der Waals surface area contributed by atoms with Crippen LogP contribution in [0.4, 0.5) is 8.78 Å². The lowest BCUT2D eigenvalue weighted by Gasteiger charge is -2.34. The second-order valence-corrected chi connectivity index (χ2v) is 14.3. The van der Waals surface area contributed by atoms with Crippen molar-refractivity contribution in [3.63, 3.8) is 0 Å². The van der Waals surface area contributed by atoms with Crippen LogP contribution in [0.15, 0.2) is 18.2 Å². The van der Waals surface area contributed by atoms with Crippen LogP contribution in [0, 0.1) is 28.6 Å². The van der Waals surface area contributed by atoms with Crippen LogP contribution in [0.1, 0.15) is 78.3 Å². The monoisotopic (exact) mass is 613 g/mol. The number of benzene rings is 1. The van der Waals surface area contributed by atoms with E-state index in [2.05, 4.69) is 9.97 Å². The van der Waals surface area contributed by atoms with E-state index >= 15 is 8.78 Å². The summed E-state index contributed by atoms with van der Waals surface area (Å²) in [7, 11) is 1.50. The van der Waals surface area contributed by atoms with E-state index in [1.54, 1.807) is 25.1 Å². The molecule has 2 aliphatic heterocycles. The van der Waals surface area contributed by atoms with Crippen LogP contribution >= 0.6 is 0 Å². The average molecular weight is 614 g/mol. The number of halogens is 2. The smallest absolute Gasteiger partial charge is 0.306 e. The highest BCUT2D eigenvalue weighted by Crippen LogP contribution is 2.65. The largest absolute Gasteiger partial charge is 0.497 e. The van der Waals surface area contributed by atoms with E-state index in [-0.39, 0.29) is 36.8 Å². The van der Waals surface area contributed by atoms with Crippen LogP contribution < -0.4 is 9.47 Å². The molecular weight excluding hydrogens is 572 g/mol. The maximum atomic E-state index is 16.6. The fraction of sp³-hybridized carbons (Fsp3) is 0.667. The first kappa shape index (κ1) is 30.6. The molecule has 1 spiro atoms. The highest BCUT2D eigenvalue weighted by atomic mass is 19.3. The molecule has 2 bridgehead atoms. The molecule has 1 aromatic carbocycles. The summed E-state index contributed by atoms with van der Waals surface area (Å²) >= 11 is 0. The molecule has 238 valence electrons. The van der Waals surface area contributed by atoms with Crippen molar-refractivity contribution in [1.29, 1.82) is 0 Å². The Balaban J connectivity index is 1.43. The van der Waals surface area contributed by atoms with Gasteiger partial charge in [0, 0.05) is 17.4 Å². The number of esters is 1. The van der Waals surface area contributed by atoms with Gasteiger partial charge in [0.1, 0.15) is 24.2 Å². The Labute approximate surface area is 256 Å². The number of ether oxygens (including phenoxy) is 3. The third-order valence-electron chi connectivity index (χ3n) is 10.3. The molecule has 4 aliphatic rings. The van der Waals surface area contributed by atoms with Gasteiger partial charge in [0.05, 0.1) is 43.1 Å². The van der Waals surface area contributed by atoms with Crippen molar-refractivity contribution in [3.05, 3.63) is 23.9 Å². The Bertz CT molecular complexity index is 1470. The van der Waals surface area contributed by atoms with E-state index in [9.17, 15) is 14.4 Å². The molecule has 1 aromatic heterocycles. The first-order chi connectivity index (χ1) is 20.8. The van der Waals surface area contributed by atoms with Gasteiger partial charge in [-0.3, -0.25) is 9.59 Å². The maximum absolute atomic E-state index is 16.6. The standard InChI is InChI=1S/C33H41F2N3O6/c1-18-24(17-39)38-16-26(18)44-29-28(36-22-9-8-20(42-5)14-23(22)37-29)33(34,35)32(11-12-32)10-6-7-19-13-25(19)43-27(40)15-21(30(38)41)31(2,3)4/h8-9,14,17-19,21,24-26H,6-7,10-13,15-16H2,1-5H3/t18-,19+,21+,24+,25+,26-/m0/s1. The van der Waals surface area contributed by atoms with E-state index in [0.717, 1.165) is 0 Å². The van der Waals surface area contributed by atoms with Crippen LogP contribution in [-0.2, 0) is 25.0 Å². The number of fused-ring (bicyclic) bond motifs is 5. The minimum atomic E-state index is -3.33. The van der Waals surface area contributed by atoms with Crippen LogP contribution in [0.5, 0.6) is 11.6 Å². The third-order valence-corrected chi connectivity index (χ3v) is 10.3. The summed E-state index contributed by atoms with van der Waals surface area (Å²) in [4.78, 5) is 49.8. The Morgan fingerprint density at radius 2 is 1.82 bits per heavy atom. The number of amides is 1. The van der Waals surface area contributed by atoms with E-state index in [4.69, 9.17) is 14.2 Å². The molecule has 6 atom stereocenters. The van der Waals surface area contributed by atoms with Crippen molar-refractivity contribution in [2.75, 3.05) is 13.7 Å². The summed E-state index contributed by atoms with van der Waals surface area (Å²) in [5.41, 5.74) is -1.75. The van der Waals surface area contributed by atoms with Gasteiger partial charge in [0.15, 0.2) is 5.69 Å². The minimum absolute atomic E-state index is 0.0241. The van der Waals surface area contributed by atoms with E-state index < -0.39 is 52.4 Å². The zero-order chi connectivity index (χ0) is 31.6. The quantitative estimate of drug-likeness (QED) is 0.324. The Kier molecular flexibility index (Phi) is 7.60. The van der Waals surface area contributed by atoms with Crippen LogP contribution in [-0.4, -0.2) is 64.9 Å². The summed E-state index contributed by atoms with van der Waals surface area (Å²) in [5, 5.41) is 0. The Morgan fingerprint density at radius 1 is 1.07 bits per heavy atom. The molecule has 6 rings (SSSR count). The number of alkyl halides is 2. The molecule has 3 fully saturated rings. The number of methoxy groups -OCH3 is 1. The number of hydrogen-bond donors (Lipinski definition) is 0. The first-order valence-electron chi connectivity index (χ1n) is 15.6. The predicted octanol–water partition coefficient (Wildman–Crippen LogP) is 5.47. The third kappa shape index (κ3) is 5.40. The van der Waals surface area contributed by atoms with Gasteiger partial charge in [-0.1, -0.05) is 34.1 Å². The minimum Gasteiger partial charge on any atom is -0.497 e. The second-order valence-electron chi connectivity index (χ2n) is 14.3. The van der Waals surface area contributed by atoms with Gasteiger partial charge in [-0.05, 0) is 55.6 Å². The topological polar surface area (TPSA) is 108 Å². The second kappa shape index (κ2) is 10.9. The number of rotatable bonds is 2. The van der Waals surface area contributed by atoms with Gasteiger partial charge in [-0.15, -0.1) is 0 Å². The van der Waals surface area contributed by atoms with Crippen LogP contribution in [0.3, 0.4) is 0 Å². The predicted molar refractivity (Wildman–Crippen MR) is 156 cm³/mol. The van der Waals surface area contributed by atoms with E-state index in [1.807, 2.05) is 20.8 Å². The number of aldehydes is 1. The fourth-order valence-electron chi connectivity index (χ4n) is 6.98. The molecule has 0 N–H and O–H groups in total. The molecule has 1 amide bonds. The SMILES string of the molecule is COc1ccc2nc3c(nc2c1)O[C@H]1CN(C(=O)[C@H](C(C)(C)C)CC(=O)O[C@@H]2C[C@H]2CCCC2(CC2)C3(F)F)[C@H](C=O)[C@@H]1C. The molecule has 9 nitrogen and oxygen atoms in total. The molecule has 2 aliphatic carbocycles. The lowest BCUT2D eigenvalue weighted by Crippen LogP contribution is -2.46. The van der Waals surface area contributed by atoms with E-state index in [0.29, 0.717) is 61.6 Å². The summed E-state index contributed by atoms with van der Waals surface area (Å²) in [6.45, 7) is 7.35. The van der Waals surface area contributed by atoms with Crippen molar-refractivity contribution in [3.8, 4) is 11.6 Å². The molecule has 1 saturated heterocycles. The highest BCUT2D eigenvalue weighted by molar-refractivity contribution is 5.87. The van der Waals surface area contributed by atoms with Gasteiger partial charge < -0.3 is 23.9 Å². The Hall–Kier alpha value is -3.37. The van der Waals surface area contributed by atoms with Crippen molar-refractivity contribution in [1.82, 2.24) is 14.9 Å².